The molecular formula is C21H15F3N6O. The highest BCUT2D eigenvalue weighted by Crippen LogP contribution is 2.31. The van der Waals surface area contributed by atoms with Crippen LogP contribution in [0.3, 0.4) is 0 Å². The molecule has 5 aromatic rings. The van der Waals surface area contributed by atoms with Gasteiger partial charge in [-0.25, -0.2) is 9.36 Å². The topological polar surface area (TPSA) is 70.5 Å². The van der Waals surface area contributed by atoms with Gasteiger partial charge in [0.05, 0.1) is 28.9 Å². The van der Waals surface area contributed by atoms with Crippen molar-refractivity contribution in [2.24, 2.45) is 14.1 Å². The standard InChI is InChI=1S/C21H15F3N6O/c1-28-16-11-25-15-5-3-12(13-4-6-17(26-10-13)21(22,23)24)9-14(15)19(16)30(20(28)31)18-7-8-27-29(18)2/h3-11H,1-2H3. The molecule has 7 nitrogen and oxygen atoms in total. The number of hydrogen-bond acceptors (Lipinski definition) is 4. The van der Waals surface area contributed by atoms with Gasteiger partial charge >= 0.3 is 11.9 Å². The summed E-state index contributed by atoms with van der Waals surface area (Å²) < 4.78 is 43.2. The Morgan fingerprint density at radius 2 is 1.71 bits per heavy atom. The molecule has 0 atom stereocenters. The van der Waals surface area contributed by atoms with Crippen molar-refractivity contribution in [3.8, 4) is 16.9 Å². The van der Waals surface area contributed by atoms with Crippen LogP contribution in [-0.4, -0.2) is 28.9 Å². The van der Waals surface area contributed by atoms with Crippen LogP contribution in [0, 0.1) is 0 Å². The van der Waals surface area contributed by atoms with Gasteiger partial charge in [0.1, 0.15) is 11.5 Å². The van der Waals surface area contributed by atoms with Crippen molar-refractivity contribution in [3.05, 3.63) is 71.2 Å². The largest absolute Gasteiger partial charge is 0.433 e. The molecular weight excluding hydrogens is 409 g/mol. The molecule has 0 bridgehead atoms. The van der Waals surface area contributed by atoms with Gasteiger partial charge in [-0.15, -0.1) is 0 Å². The second kappa shape index (κ2) is 6.53. The average molecular weight is 424 g/mol. The van der Waals surface area contributed by atoms with Crippen LogP contribution in [0.2, 0.25) is 0 Å². The number of rotatable bonds is 2. The molecule has 0 unspecified atom stereocenters. The van der Waals surface area contributed by atoms with E-state index < -0.39 is 11.9 Å². The summed E-state index contributed by atoms with van der Waals surface area (Å²) in [6, 6.07) is 9.40. The second-order valence-electron chi connectivity index (χ2n) is 7.14. The van der Waals surface area contributed by atoms with Crippen molar-refractivity contribution in [2.75, 3.05) is 0 Å². The first-order chi connectivity index (χ1) is 14.8. The van der Waals surface area contributed by atoms with Crippen molar-refractivity contribution in [2.45, 2.75) is 6.18 Å². The molecule has 0 amide bonds. The number of aromatic nitrogens is 6. The Morgan fingerprint density at radius 1 is 0.935 bits per heavy atom. The summed E-state index contributed by atoms with van der Waals surface area (Å²) in [5.41, 5.74) is 1.90. The Kier molecular flexibility index (Phi) is 4.01. The lowest BCUT2D eigenvalue weighted by molar-refractivity contribution is -0.141. The Hall–Kier alpha value is -3.95. The molecule has 4 aromatic heterocycles. The SMILES string of the molecule is Cn1nccc1-n1c(=O)n(C)c2cnc3ccc(-c4ccc(C(F)(F)F)nc4)cc3c21. The zero-order valence-electron chi connectivity index (χ0n) is 16.4. The van der Waals surface area contributed by atoms with E-state index in [2.05, 4.69) is 15.1 Å². The van der Waals surface area contributed by atoms with E-state index in [0.717, 1.165) is 6.07 Å². The van der Waals surface area contributed by atoms with E-state index >= 15 is 0 Å². The van der Waals surface area contributed by atoms with Gasteiger partial charge in [0.2, 0.25) is 0 Å². The van der Waals surface area contributed by atoms with E-state index in [4.69, 9.17) is 0 Å². The normalized spacial score (nSPS) is 12.2. The maximum Gasteiger partial charge on any atom is 0.433 e. The molecule has 0 spiro atoms. The smallest absolute Gasteiger partial charge is 0.293 e. The number of aryl methyl sites for hydroxylation is 2. The van der Waals surface area contributed by atoms with E-state index in [-0.39, 0.29) is 5.69 Å². The quantitative estimate of drug-likeness (QED) is 0.433. The van der Waals surface area contributed by atoms with Crippen LogP contribution in [0.25, 0.3) is 38.9 Å². The van der Waals surface area contributed by atoms with Crippen LogP contribution in [0.15, 0.2) is 59.8 Å². The zero-order chi connectivity index (χ0) is 21.9. The molecule has 0 N–H and O–H groups in total. The maximum absolute atomic E-state index is 13.0. The summed E-state index contributed by atoms with van der Waals surface area (Å²) in [6.07, 6.45) is -0.0769. The number of nitrogens with zero attached hydrogens (tertiary/aromatic N) is 6. The van der Waals surface area contributed by atoms with Gasteiger partial charge in [0, 0.05) is 37.3 Å². The van der Waals surface area contributed by atoms with Crippen LogP contribution in [0.4, 0.5) is 13.2 Å². The molecule has 0 saturated heterocycles. The molecule has 10 heteroatoms. The minimum Gasteiger partial charge on any atom is -0.293 e. The molecule has 0 aliphatic rings. The molecule has 0 aliphatic heterocycles. The first-order valence-electron chi connectivity index (χ1n) is 9.28. The van der Waals surface area contributed by atoms with Gasteiger partial charge in [-0.3, -0.25) is 19.2 Å². The Bertz CT molecular complexity index is 1510. The zero-order valence-corrected chi connectivity index (χ0v) is 16.4. The van der Waals surface area contributed by atoms with Gasteiger partial charge in [-0.05, 0) is 23.8 Å². The molecule has 31 heavy (non-hydrogen) atoms. The first-order valence-corrected chi connectivity index (χ1v) is 9.28. The fourth-order valence-corrected chi connectivity index (χ4v) is 3.71. The number of fused-ring (bicyclic) bond motifs is 3. The van der Waals surface area contributed by atoms with Crippen LogP contribution >= 0.6 is 0 Å². The fraction of sp³-hybridized carbons (Fsp3) is 0.143. The third-order valence-corrected chi connectivity index (χ3v) is 5.29. The third kappa shape index (κ3) is 2.90. The van der Waals surface area contributed by atoms with Crippen molar-refractivity contribution < 1.29 is 13.2 Å². The molecule has 0 saturated carbocycles. The van der Waals surface area contributed by atoms with Crippen LogP contribution in [0.1, 0.15) is 5.69 Å². The number of halogens is 3. The van der Waals surface area contributed by atoms with Gasteiger partial charge in [-0.1, -0.05) is 12.1 Å². The van der Waals surface area contributed by atoms with Gasteiger partial charge in [-0.2, -0.15) is 18.3 Å². The number of imidazole rings is 1. The Balaban J connectivity index is 1.78. The monoisotopic (exact) mass is 424 g/mol. The number of hydrogen-bond donors (Lipinski definition) is 0. The average Bonchev–Trinajstić information content (AvgIpc) is 3.28. The number of alkyl halides is 3. The van der Waals surface area contributed by atoms with Crippen molar-refractivity contribution in [3.63, 3.8) is 0 Å². The summed E-state index contributed by atoms with van der Waals surface area (Å²) in [4.78, 5) is 21.0. The van der Waals surface area contributed by atoms with Crippen molar-refractivity contribution in [1.29, 1.82) is 0 Å². The van der Waals surface area contributed by atoms with Gasteiger partial charge in [0.25, 0.3) is 0 Å². The number of pyridine rings is 2. The van der Waals surface area contributed by atoms with Gasteiger partial charge < -0.3 is 0 Å². The van der Waals surface area contributed by atoms with E-state index in [1.807, 2.05) is 0 Å². The van der Waals surface area contributed by atoms with Crippen LogP contribution in [0.5, 0.6) is 0 Å². The summed E-state index contributed by atoms with van der Waals surface area (Å²) in [5.74, 6) is 0.588. The van der Waals surface area contributed by atoms with Crippen LogP contribution < -0.4 is 5.69 Å². The van der Waals surface area contributed by atoms with Gasteiger partial charge in [0.15, 0.2) is 0 Å². The predicted molar refractivity (Wildman–Crippen MR) is 109 cm³/mol. The lowest BCUT2D eigenvalue weighted by Gasteiger charge is -2.09. The lowest BCUT2D eigenvalue weighted by atomic mass is 10.0. The summed E-state index contributed by atoms with van der Waals surface area (Å²) in [6.45, 7) is 0. The molecule has 5 rings (SSSR count). The molecule has 4 heterocycles. The van der Waals surface area contributed by atoms with E-state index in [9.17, 15) is 18.0 Å². The molecule has 0 aliphatic carbocycles. The minimum atomic E-state index is -4.50. The molecule has 156 valence electrons. The Morgan fingerprint density at radius 3 is 2.35 bits per heavy atom. The maximum atomic E-state index is 13.0. The van der Waals surface area contributed by atoms with Crippen molar-refractivity contribution in [1.82, 2.24) is 28.9 Å². The first kappa shape index (κ1) is 19.0. The second-order valence-corrected chi connectivity index (χ2v) is 7.14. The minimum absolute atomic E-state index is 0.255. The van der Waals surface area contributed by atoms with E-state index in [1.54, 1.807) is 60.0 Å². The molecule has 1 aromatic carbocycles. The lowest BCUT2D eigenvalue weighted by Crippen LogP contribution is -2.22. The highest BCUT2D eigenvalue weighted by molar-refractivity contribution is 6.04. The van der Waals surface area contributed by atoms with Crippen LogP contribution in [-0.2, 0) is 20.3 Å². The molecule has 0 fully saturated rings. The summed E-state index contributed by atoms with van der Waals surface area (Å²) in [7, 11) is 3.40. The highest BCUT2D eigenvalue weighted by Gasteiger charge is 2.32. The highest BCUT2D eigenvalue weighted by atomic mass is 19.4. The van der Waals surface area contributed by atoms with E-state index in [1.165, 1.54) is 16.8 Å². The van der Waals surface area contributed by atoms with E-state index in [0.29, 0.717) is 38.9 Å². The molecule has 0 radical (unpaired) electrons. The fourth-order valence-electron chi connectivity index (χ4n) is 3.71. The third-order valence-electron chi connectivity index (χ3n) is 5.29. The number of benzene rings is 1. The summed E-state index contributed by atoms with van der Waals surface area (Å²) >= 11 is 0. The predicted octanol–water partition coefficient (Wildman–Crippen LogP) is 3.69. The summed E-state index contributed by atoms with van der Waals surface area (Å²) in [5, 5.41) is 4.84. The Labute approximate surface area is 173 Å². The van der Waals surface area contributed by atoms with Crippen molar-refractivity contribution >= 4 is 21.9 Å².